The van der Waals surface area contributed by atoms with Gasteiger partial charge < -0.3 is 10.2 Å². The Kier molecular flexibility index (Phi) is 5.51. The number of nitrogens with one attached hydrogen (secondary N) is 1. The van der Waals surface area contributed by atoms with E-state index in [-0.39, 0.29) is 17.6 Å². The highest BCUT2D eigenvalue weighted by Gasteiger charge is 2.23. The molecular weight excluding hydrogens is 410 g/mol. The molecule has 1 atom stereocenters. The van der Waals surface area contributed by atoms with Crippen molar-refractivity contribution in [1.29, 1.82) is 0 Å². The third-order valence-corrected chi connectivity index (χ3v) is 5.87. The number of nitrogens with zero attached hydrogens (tertiary/aromatic N) is 2. The van der Waals surface area contributed by atoms with Crippen molar-refractivity contribution in [3.8, 4) is 5.69 Å². The lowest BCUT2D eigenvalue weighted by molar-refractivity contribution is 0.0755. The molecule has 4 rings (SSSR count). The van der Waals surface area contributed by atoms with Gasteiger partial charge in [-0.15, -0.1) is 11.3 Å². The van der Waals surface area contributed by atoms with Gasteiger partial charge in [-0.05, 0) is 42.8 Å². The fourth-order valence-electron chi connectivity index (χ4n) is 3.06. The van der Waals surface area contributed by atoms with E-state index in [1.54, 1.807) is 35.9 Å². The van der Waals surface area contributed by atoms with Crippen LogP contribution in [0.2, 0.25) is 4.34 Å². The topological polar surface area (TPSA) is 72.7 Å². The van der Waals surface area contributed by atoms with Gasteiger partial charge in [-0.1, -0.05) is 35.0 Å². The highest BCUT2D eigenvalue weighted by molar-refractivity contribution is 7.17. The Morgan fingerprint density at radius 3 is 2.79 bits per heavy atom. The second-order valence-corrected chi connectivity index (χ2v) is 8.41. The summed E-state index contributed by atoms with van der Waals surface area (Å²) in [7, 11) is 0. The summed E-state index contributed by atoms with van der Waals surface area (Å²) < 4.78 is 2.19. The Balaban J connectivity index is 1.37. The molecule has 29 heavy (non-hydrogen) atoms. The number of aryl methyl sites for hydroxylation is 1. The average molecular weight is 428 g/mol. The number of benzene rings is 1. The van der Waals surface area contributed by atoms with Crippen LogP contribution in [0.5, 0.6) is 0 Å². The zero-order chi connectivity index (χ0) is 20.4. The van der Waals surface area contributed by atoms with Gasteiger partial charge in [0.1, 0.15) is 6.10 Å². The molecule has 1 amide bonds. The summed E-state index contributed by atoms with van der Waals surface area (Å²) in [5, 5.41) is 7.00. The zero-order valence-corrected chi connectivity index (χ0v) is 17.2. The quantitative estimate of drug-likeness (QED) is 0.673. The van der Waals surface area contributed by atoms with Gasteiger partial charge in [0.2, 0.25) is 0 Å². The Hall–Kier alpha value is -2.90. The van der Waals surface area contributed by atoms with Gasteiger partial charge in [-0.25, -0.2) is 0 Å². The zero-order valence-electron chi connectivity index (χ0n) is 15.6. The minimum absolute atomic E-state index is 0.0374. The third kappa shape index (κ3) is 4.26. The molecule has 2 aromatic heterocycles. The normalized spacial score (nSPS) is 15.7. The summed E-state index contributed by atoms with van der Waals surface area (Å²) in [6, 6.07) is 14.6. The van der Waals surface area contributed by atoms with Gasteiger partial charge in [0, 0.05) is 23.9 Å². The van der Waals surface area contributed by atoms with Gasteiger partial charge in [-0.3, -0.25) is 14.2 Å². The summed E-state index contributed by atoms with van der Waals surface area (Å²) in [5.41, 5.74) is 3.18. The maximum atomic E-state index is 12.3. The van der Waals surface area contributed by atoms with Crippen molar-refractivity contribution in [2.45, 2.75) is 19.4 Å². The van der Waals surface area contributed by atoms with Gasteiger partial charge in [0.25, 0.3) is 11.5 Å². The van der Waals surface area contributed by atoms with Crippen molar-refractivity contribution >= 4 is 34.6 Å². The lowest BCUT2D eigenvalue weighted by atomic mass is 10.0. The number of aromatic nitrogens is 1. The molecule has 8 heteroatoms. The van der Waals surface area contributed by atoms with Gasteiger partial charge in [0.15, 0.2) is 0 Å². The molecule has 0 fully saturated rings. The molecule has 0 bridgehead atoms. The summed E-state index contributed by atoms with van der Waals surface area (Å²) in [6.45, 7) is 2.15. The van der Waals surface area contributed by atoms with Crippen LogP contribution in [0.4, 0.5) is 0 Å². The Bertz CT molecular complexity index is 1130. The fraction of sp³-hybridized carbons (Fsp3) is 0.190. The molecule has 1 N–H and O–H groups in total. The average Bonchev–Trinajstić information content (AvgIpc) is 3.38. The molecule has 0 saturated heterocycles. The van der Waals surface area contributed by atoms with E-state index in [0.717, 1.165) is 17.0 Å². The number of hydrogen-bond acceptors (Lipinski definition) is 5. The molecule has 3 aromatic rings. The van der Waals surface area contributed by atoms with Crippen molar-refractivity contribution in [3.05, 3.63) is 85.4 Å². The van der Waals surface area contributed by atoms with Gasteiger partial charge in [-0.2, -0.15) is 0 Å². The number of amides is 1. The largest absolute Gasteiger partial charge is 0.390 e. The SMILES string of the molecule is Cc1cccn(-c2ccc(C3=NOC(CNC(=O)c4ccc(Cl)s4)C3)cc2)c1=O. The monoisotopic (exact) mass is 427 g/mol. The van der Waals surface area contributed by atoms with E-state index in [1.807, 2.05) is 30.3 Å². The predicted molar refractivity (Wildman–Crippen MR) is 114 cm³/mol. The van der Waals surface area contributed by atoms with Crippen LogP contribution in [0.1, 0.15) is 27.2 Å². The van der Waals surface area contributed by atoms with Crippen LogP contribution >= 0.6 is 22.9 Å². The van der Waals surface area contributed by atoms with Gasteiger partial charge >= 0.3 is 0 Å². The van der Waals surface area contributed by atoms with Gasteiger partial charge in [0.05, 0.1) is 21.5 Å². The smallest absolute Gasteiger partial charge is 0.261 e. The lowest BCUT2D eigenvalue weighted by Crippen LogP contribution is -2.31. The molecule has 1 aliphatic heterocycles. The molecule has 1 aliphatic rings. The van der Waals surface area contributed by atoms with Crippen LogP contribution in [0, 0.1) is 6.92 Å². The van der Waals surface area contributed by atoms with E-state index in [9.17, 15) is 9.59 Å². The van der Waals surface area contributed by atoms with E-state index in [1.165, 1.54) is 11.3 Å². The summed E-state index contributed by atoms with van der Waals surface area (Å²) >= 11 is 7.10. The second kappa shape index (κ2) is 8.23. The first-order valence-electron chi connectivity index (χ1n) is 9.06. The van der Waals surface area contributed by atoms with E-state index in [4.69, 9.17) is 16.4 Å². The number of oxime groups is 1. The maximum Gasteiger partial charge on any atom is 0.261 e. The van der Waals surface area contributed by atoms with Crippen molar-refractivity contribution in [2.24, 2.45) is 5.16 Å². The van der Waals surface area contributed by atoms with E-state index < -0.39 is 0 Å². The molecule has 0 spiro atoms. The maximum absolute atomic E-state index is 12.3. The number of hydrogen-bond donors (Lipinski definition) is 1. The van der Waals surface area contributed by atoms with Crippen LogP contribution in [0.15, 0.2) is 64.7 Å². The molecule has 1 unspecified atom stereocenters. The Morgan fingerprint density at radius 1 is 1.28 bits per heavy atom. The summed E-state index contributed by atoms with van der Waals surface area (Å²) in [6.07, 6.45) is 2.12. The molecule has 6 nitrogen and oxygen atoms in total. The predicted octanol–water partition coefficient (Wildman–Crippen LogP) is 3.78. The molecule has 0 saturated carbocycles. The van der Waals surface area contributed by atoms with E-state index in [2.05, 4.69) is 10.5 Å². The molecule has 0 aliphatic carbocycles. The van der Waals surface area contributed by atoms with E-state index >= 15 is 0 Å². The first-order valence-corrected chi connectivity index (χ1v) is 10.3. The standard InChI is InChI=1S/C21H18ClN3O3S/c1-13-3-2-10-25(21(13)27)15-6-4-14(5-7-15)17-11-16(28-24-17)12-23-20(26)18-8-9-19(22)29-18/h2-10,16H,11-12H2,1H3,(H,23,26). The van der Waals surface area contributed by atoms with Crippen LogP contribution in [0.25, 0.3) is 5.69 Å². The van der Waals surface area contributed by atoms with Crippen LogP contribution < -0.4 is 10.9 Å². The van der Waals surface area contributed by atoms with Crippen molar-refractivity contribution in [3.63, 3.8) is 0 Å². The first kappa shape index (κ1) is 19.4. The summed E-state index contributed by atoms with van der Waals surface area (Å²) in [5.74, 6) is -0.174. The molecule has 0 radical (unpaired) electrons. The second-order valence-electron chi connectivity index (χ2n) is 6.70. The van der Waals surface area contributed by atoms with Crippen molar-refractivity contribution in [1.82, 2.24) is 9.88 Å². The van der Waals surface area contributed by atoms with Crippen LogP contribution in [-0.4, -0.2) is 28.8 Å². The Labute approximate surface area is 176 Å². The third-order valence-electron chi connectivity index (χ3n) is 4.64. The number of halogens is 1. The molecule has 148 valence electrons. The number of rotatable bonds is 5. The first-order chi connectivity index (χ1) is 14.0. The highest BCUT2D eigenvalue weighted by atomic mass is 35.5. The Morgan fingerprint density at radius 2 is 2.07 bits per heavy atom. The molecule has 3 heterocycles. The van der Waals surface area contributed by atoms with E-state index in [0.29, 0.717) is 27.7 Å². The number of carbonyl (C=O) groups excluding carboxylic acids is 1. The van der Waals surface area contributed by atoms with Crippen molar-refractivity contribution < 1.29 is 9.63 Å². The number of thiophene rings is 1. The van der Waals surface area contributed by atoms with Crippen LogP contribution in [0.3, 0.4) is 0 Å². The minimum Gasteiger partial charge on any atom is -0.390 e. The minimum atomic E-state index is -0.219. The molecular formula is C21H18ClN3O3S. The lowest BCUT2D eigenvalue weighted by Gasteiger charge is -2.09. The number of carbonyl (C=O) groups is 1. The van der Waals surface area contributed by atoms with Crippen molar-refractivity contribution in [2.75, 3.05) is 6.54 Å². The number of pyridine rings is 1. The van der Waals surface area contributed by atoms with Crippen LogP contribution in [-0.2, 0) is 4.84 Å². The summed E-state index contributed by atoms with van der Waals surface area (Å²) in [4.78, 5) is 30.4. The highest BCUT2D eigenvalue weighted by Crippen LogP contribution is 2.22. The fourth-order valence-corrected chi connectivity index (χ4v) is 4.02. The molecule has 1 aromatic carbocycles.